The van der Waals surface area contributed by atoms with Crippen LogP contribution in [0.15, 0.2) is 35.2 Å². The molecular formula is C16H23NS2. The van der Waals surface area contributed by atoms with Gasteiger partial charge in [-0.2, -0.15) is 0 Å². The molecule has 1 aromatic rings. The van der Waals surface area contributed by atoms with Gasteiger partial charge >= 0.3 is 0 Å². The summed E-state index contributed by atoms with van der Waals surface area (Å²) in [6.07, 6.45) is 0. The summed E-state index contributed by atoms with van der Waals surface area (Å²) in [6.45, 7) is 10.3. The van der Waals surface area contributed by atoms with Crippen molar-refractivity contribution in [3.8, 4) is 0 Å². The third-order valence-corrected chi connectivity index (χ3v) is 6.46. The number of allylic oxidation sites excluding steroid dienone is 1. The fraction of sp³-hybridized carbons (Fsp3) is 0.500. The molecular weight excluding hydrogens is 270 g/mol. The van der Waals surface area contributed by atoms with Crippen LogP contribution in [0, 0.1) is 0 Å². The van der Waals surface area contributed by atoms with Crippen molar-refractivity contribution in [3.63, 3.8) is 0 Å². The average molecular weight is 294 g/mol. The lowest BCUT2D eigenvalue weighted by molar-refractivity contribution is 0.309. The van der Waals surface area contributed by atoms with Gasteiger partial charge in [-0.25, -0.2) is 0 Å². The van der Waals surface area contributed by atoms with E-state index in [9.17, 15) is 0 Å². The molecule has 1 aliphatic rings. The van der Waals surface area contributed by atoms with E-state index in [0.717, 1.165) is 13.1 Å². The number of rotatable bonds is 5. The van der Waals surface area contributed by atoms with E-state index in [1.165, 1.54) is 27.7 Å². The van der Waals surface area contributed by atoms with Crippen molar-refractivity contribution < 1.29 is 0 Å². The van der Waals surface area contributed by atoms with Crippen LogP contribution in [0.5, 0.6) is 0 Å². The minimum atomic E-state index is 0.712. The molecule has 0 amide bonds. The van der Waals surface area contributed by atoms with Gasteiger partial charge in [-0.05, 0) is 30.5 Å². The van der Waals surface area contributed by atoms with Crippen LogP contribution in [0.25, 0.3) is 4.91 Å². The van der Waals surface area contributed by atoms with Crippen molar-refractivity contribution in [2.24, 2.45) is 0 Å². The molecule has 19 heavy (non-hydrogen) atoms. The molecule has 1 aromatic carbocycles. The largest absolute Gasteiger partial charge is 0.303 e. The van der Waals surface area contributed by atoms with Gasteiger partial charge in [-0.15, -0.1) is 23.5 Å². The monoisotopic (exact) mass is 293 g/mol. The Morgan fingerprint density at radius 1 is 1.16 bits per heavy atom. The van der Waals surface area contributed by atoms with Gasteiger partial charge in [0.05, 0.1) is 0 Å². The normalized spacial score (nSPS) is 20.1. The Kier molecular flexibility index (Phi) is 5.86. The van der Waals surface area contributed by atoms with Crippen LogP contribution in [0.1, 0.15) is 26.3 Å². The summed E-state index contributed by atoms with van der Waals surface area (Å²) in [5.74, 6) is 1.24. The molecule has 0 bridgehead atoms. The molecule has 3 heteroatoms. The Balaban J connectivity index is 2.08. The molecule has 0 saturated heterocycles. The van der Waals surface area contributed by atoms with Crippen LogP contribution in [0.4, 0.5) is 0 Å². The van der Waals surface area contributed by atoms with Gasteiger partial charge in [-0.1, -0.05) is 44.2 Å². The Labute approximate surface area is 125 Å². The third-order valence-electron chi connectivity index (χ3n) is 3.48. The number of hydrogen-bond acceptors (Lipinski definition) is 3. The molecule has 1 heterocycles. The highest BCUT2D eigenvalue weighted by atomic mass is 32.2. The Hall–Kier alpha value is -0.380. The molecule has 1 atom stereocenters. The second-order valence-corrected chi connectivity index (χ2v) is 7.33. The lowest BCUT2D eigenvalue weighted by Crippen LogP contribution is -2.32. The summed E-state index contributed by atoms with van der Waals surface area (Å²) in [7, 11) is 0. The summed E-state index contributed by atoms with van der Waals surface area (Å²) in [5, 5.41) is 0.712. The van der Waals surface area contributed by atoms with Crippen LogP contribution < -0.4 is 0 Å². The number of benzene rings is 1. The number of hydrogen-bond donors (Lipinski definition) is 0. The van der Waals surface area contributed by atoms with Crippen LogP contribution in [-0.2, 0) is 0 Å². The highest BCUT2D eigenvalue weighted by molar-refractivity contribution is 8.14. The standard InChI is InChI=1S/C16H23NS2/c1-4-17(5-2)11-15-12-18-13(3)16(19-15)14-9-7-6-8-10-14/h6-10,15H,4-5,11-12H2,1-3H3. The molecule has 0 aromatic heterocycles. The fourth-order valence-corrected chi connectivity index (χ4v) is 4.93. The van der Waals surface area contributed by atoms with E-state index in [-0.39, 0.29) is 0 Å². The van der Waals surface area contributed by atoms with E-state index in [2.05, 4.69) is 67.8 Å². The average Bonchev–Trinajstić information content (AvgIpc) is 2.47. The maximum absolute atomic E-state index is 2.53. The van der Waals surface area contributed by atoms with Crippen LogP contribution >= 0.6 is 23.5 Å². The maximum atomic E-state index is 2.53. The molecule has 0 spiro atoms. The van der Waals surface area contributed by atoms with E-state index in [1.54, 1.807) is 0 Å². The lowest BCUT2D eigenvalue weighted by atomic mass is 10.2. The van der Waals surface area contributed by atoms with Crippen molar-refractivity contribution in [2.75, 3.05) is 25.4 Å². The summed E-state index contributed by atoms with van der Waals surface area (Å²) >= 11 is 4.09. The fourth-order valence-electron chi connectivity index (χ4n) is 2.29. The van der Waals surface area contributed by atoms with Crippen molar-refractivity contribution in [3.05, 3.63) is 40.8 Å². The second-order valence-electron chi connectivity index (χ2n) is 4.79. The van der Waals surface area contributed by atoms with E-state index in [0.29, 0.717) is 5.25 Å². The van der Waals surface area contributed by atoms with Crippen molar-refractivity contribution in [1.29, 1.82) is 0 Å². The van der Waals surface area contributed by atoms with Crippen molar-refractivity contribution in [1.82, 2.24) is 4.90 Å². The molecule has 0 fully saturated rings. The van der Waals surface area contributed by atoms with Crippen LogP contribution in [0.3, 0.4) is 0 Å². The van der Waals surface area contributed by atoms with Gasteiger partial charge in [0.15, 0.2) is 0 Å². The first-order valence-corrected chi connectivity index (χ1v) is 8.89. The maximum Gasteiger partial charge on any atom is 0.0316 e. The quantitative estimate of drug-likeness (QED) is 0.783. The summed E-state index contributed by atoms with van der Waals surface area (Å²) < 4.78 is 0. The SMILES string of the molecule is CCN(CC)CC1CSC(C)=C(c2ccccc2)S1. The summed E-state index contributed by atoms with van der Waals surface area (Å²) in [5.41, 5.74) is 1.38. The molecule has 0 radical (unpaired) electrons. The summed E-state index contributed by atoms with van der Waals surface area (Å²) in [4.78, 5) is 5.49. The molecule has 1 aliphatic heterocycles. The molecule has 2 rings (SSSR count). The highest BCUT2D eigenvalue weighted by Gasteiger charge is 2.22. The number of nitrogens with zero attached hydrogens (tertiary/aromatic N) is 1. The van der Waals surface area contributed by atoms with Gasteiger partial charge in [0.25, 0.3) is 0 Å². The Morgan fingerprint density at radius 2 is 1.84 bits per heavy atom. The van der Waals surface area contributed by atoms with Gasteiger partial charge in [0.2, 0.25) is 0 Å². The first kappa shape index (κ1) is 15.0. The van der Waals surface area contributed by atoms with Gasteiger partial charge in [0, 0.05) is 22.5 Å². The topological polar surface area (TPSA) is 3.24 Å². The van der Waals surface area contributed by atoms with Crippen molar-refractivity contribution in [2.45, 2.75) is 26.0 Å². The predicted octanol–water partition coefficient (Wildman–Crippen LogP) is 4.57. The Morgan fingerprint density at radius 3 is 2.47 bits per heavy atom. The second kappa shape index (κ2) is 7.41. The molecule has 104 valence electrons. The molecule has 0 aliphatic carbocycles. The van der Waals surface area contributed by atoms with Gasteiger partial charge in [-0.3, -0.25) is 0 Å². The zero-order chi connectivity index (χ0) is 13.7. The zero-order valence-electron chi connectivity index (χ0n) is 12.1. The van der Waals surface area contributed by atoms with E-state index < -0.39 is 0 Å². The smallest absolute Gasteiger partial charge is 0.0316 e. The lowest BCUT2D eigenvalue weighted by Gasteiger charge is -2.29. The Bertz CT molecular complexity index is 424. The number of thioether (sulfide) groups is 2. The zero-order valence-corrected chi connectivity index (χ0v) is 13.7. The molecule has 1 unspecified atom stereocenters. The minimum Gasteiger partial charge on any atom is -0.303 e. The molecule has 1 nitrogen and oxygen atoms in total. The minimum absolute atomic E-state index is 0.712. The van der Waals surface area contributed by atoms with Crippen LogP contribution in [0.2, 0.25) is 0 Å². The van der Waals surface area contributed by atoms with E-state index in [1.807, 2.05) is 11.8 Å². The predicted molar refractivity (Wildman–Crippen MR) is 90.7 cm³/mol. The van der Waals surface area contributed by atoms with Gasteiger partial charge < -0.3 is 4.90 Å². The molecule has 0 N–H and O–H groups in total. The first-order valence-electron chi connectivity index (χ1n) is 7.02. The third kappa shape index (κ3) is 4.04. The first-order chi connectivity index (χ1) is 9.24. The summed E-state index contributed by atoms with van der Waals surface area (Å²) in [6, 6.07) is 10.8. The molecule has 0 saturated carbocycles. The van der Waals surface area contributed by atoms with Gasteiger partial charge in [0.1, 0.15) is 0 Å². The van der Waals surface area contributed by atoms with Crippen molar-refractivity contribution >= 4 is 28.4 Å². The van der Waals surface area contributed by atoms with Crippen LogP contribution in [-0.4, -0.2) is 35.5 Å². The highest BCUT2D eigenvalue weighted by Crippen LogP contribution is 2.43. The van der Waals surface area contributed by atoms with E-state index >= 15 is 0 Å². The van der Waals surface area contributed by atoms with E-state index in [4.69, 9.17) is 0 Å².